The van der Waals surface area contributed by atoms with Crippen LogP contribution in [0.25, 0.3) is 0 Å². The number of nitrogens with zero attached hydrogens (tertiary/aromatic N) is 1. The van der Waals surface area contributed by atoms with Crippen molar-refractivity contribution in [1.82, 2.24) is 10.2 Å². The van der Waals surface area contributed by atoms with Crippen LogP contribution in [-0.2, 0) is 0 Å². The largest absolute Gasteiger partial charge is 0.492 e. The third kappa shape index (κ3) is 3.08. The van der Waals surface area contributed by atoms with Crippen LogP contribution in [-0.4, -0.2) is 29.3 Å². The Morgan fingerprint density at radius 3 is 2.72 bits per heavy atom. The van der Waals surface area contributed by atoms with Crippen molar-refractivity contribution in [2.45, 2.75) is 0 Å². The molecule has 0 saturated heterocycles. The van der Waals surface area contributed by atoms with E-state index in [-0.39, 0.29) is 5.91 Å². The van der Waals surface area contributed by atoms with Gasteiger partial charge in [-0.1, -0.05) is 0 Å². The Kier molecular flexibility index (Phi) is 3.93. The molecule has 1 aromatic heterocycles. The van der Waals surface area contributed by atoms with Gasteiger partial charge in [-0.2, -0.15) is 5.10 Å². The number of hydrogen-bond acceptors (Lipinski definition) is 4. The van der Waals surface area contributed by atoms with E-state index in [9.17, 15) is 4.79 Å². The lowest BCUT2D eigenvalue weighted by molar-refractivity contribution is 0.102. The predicted octanol–water partition coefficient (Wildman–Crippen LogP) is 0.999. The minimum Gasteiger partial charge on any atom is -0.492 e. The smallest absolute Gasteiger partial charge is 0.273 e. The number of H-pyrrole nitrogens is 1. The van der Waals surface area contributed by atoms with Gasteiger partial charge in [0.2, 0.25) is 0 Å². The number of aromatic amines is 1. The number of nitrogens with one attached hydrogen (secondary N) is 2. The number of rotatable bonds is 5. The first-order valence-corrected chi connectivity index (χ1v) is 5.53. The molecule has 2 rings (SSSR count). The topological polar surface area (TPSA) is 93.0 Å². The van der Waals surface area contributed by atoms with Gasteiger partial charge >= 0.3 is 0 Å². The van der Waals surface area contributed by atoms with Crippen LogP contribution in [0.15, 0.2) is 36.5 Å². The van der Waals surface area contributed by atoms with Crippen molar-refractivity contribution in [3.63, 3.8) is 0 Å². The predicted molar refractivity (Wildman–Crippen MR) is 67.5 cm³/mol. The monoisotopic (exact) mass is 246 g/mol. The molecule has 0 bridgehead atoms. The highest BCUT2D eigenvalue weighted by molar-refractivity contribution is 6.02. The number of benzene rings is 1. The van der Waals surface area contributed by atoms with E-state index in [1.807, 2.05) is 0 Å². The van der Waals surface area contributed by atoms with Gasteiger partial charge in [-0.3, -0.25) is 9.89 Å². The van der Waals surface area contributed by atoms with Gasteiger partial charge in [-0.05, 0) is 30.3 Å². The highest BCUT2D eigenvalue weighted by atomic mass is 16.5. The Morgan fingerprint density at radius 1 is 1.33 bits per heavy atom. The second-order valence-electron chi connectivity index (χ2n) is 3.59. The molecule has 6 nitrogen and oxygen atoms in total. The van der Waals surface area contributed by atoms with Crippen LogP contribution in [0, 0.1) is 0 Å². The summed E-state index contributed by atoms with van der Waals surface area (Å²) in [6, 6.07) is 8.69. The molecule has 0 radical (unpaired) electrons. The molecule has 0 unspecified atom stereocenters. The van der Waals surface area contributed by atoms with Gasteiger partial charge in [-0.25, -0.2) is 0 Å². The maximum atomic E-state index is 11.7. The minimum atomic E-state index is -0.233. The zero-order valence-corrected chi connectivity index (χ0v) is 9.72. The van der Waals surface area contributed by atoms with Gasteiger partial charge in [0.1, 0.15) is 18.1 Å². The Hall–Kier alpha value is -2.34. The number of amides is 1. The van der Waals surface area contributed by atoms with E-state index >= 15 is 0 Å². The molecule has 0 aliphatic carbocycles. The summed E-state index contributed by atoms with van der Waals surface area (Å²) < 4.78 is 5.33. The highest BCUT2D eigenvalue weighted by Gasteiger charge is 2.06. The van der Waals surface area contributed by atoms with Crippen LogP contribution >= 0.6 is 0 Å². The molecule has 6 heteroatoms. The number of hydrogen-bond donors (Lipinski definition) is 3. The zero-order chi connectivity index (χ0) is 12.8. The lowest BCUT2D eigenvalue weighted by atomic mass is 10.3. The first kappa shape index (κ1) is 12.1. The number of carbonyl (C=O) groups is 1. The molecule has 0 spiro atoms. The third-order valence-electron chi connectivity index (χ3n) is 2.24. The number of carbonyl (C=O) groups excluding carboxylic acids is 1. The van der Waals surface area contributed by atoms with Crippen molar-refractivity contribution in [3.05, 3.63) is 42.2 Å². The average Bonchev–Trinajstić information content (AvgIpc) is 2.92. The molecule has 0 saturated carbocycles. The van der Waals surface area contributed by atoms with E-state index in [2.05, 4.69) is 15.5 Å². The van der Waals surface area contributed by atoms with Gasteiger partial charge < -0.3 is 15.8 Å². The summed E-state index contributed by atoms with van der Waals surface area (Å²) >= 11 is 0. The van der Waals surface area contributed by atoms with Crippen molar-refractivity contribution in [2.75, 3.05) is 18.5 Å². The number of nitrogens with two attached hydrogens (primary N) is 1. The first-order chi connectivity index (χ1) is 8.79. The Labute approximate surface area is 104 Å². The molecule has 18 heavy (non-hydrogen) atoms. The van der Waals surface area contributed by atoms with Crippen LogP contribution < -0.4 is 15.8 Å². The number of aromatic nitrogens is 2. The van der Waals surface area contributed by atoms with E-state index in [0.717, 1.165) is 5.75 Å². The van der Waals surface area contributed by atoms with Crippen molar-refractivity contribution in [2.24, 2.45) is 5.73 Å². The molecule has 0 atom stereocenters. The van der Waals surface area contributed by atoms with Crippen LogP contribution in [0.5, 0.6) is 5.75 Å². The maximum Gasteiger partial charge on any atom is 0.273 e. The molecule has 4 N–H and O–H groups in total. The van der Waals surface area contributed by atoms with Gasteiger partial charge in [0, 0.05) is 18.4 Å². The minimum absolute atomic E-state index is 0.233. The quantitative estimate of drug-likeness (QED) is 0.733. The van der Waals surface area contributed by atoms with E-state index in [4.69, 9.17) is 10.5 Å². The SMILES string of the molecule is NCCOc1ccc(NC(=O)c2ccn[nH]2)cc1. The van der Waals surface area contributed by atoms with Gasteiger partial charge in [-0.15, -0.1) is 0 Å². The van der Waals surface area contributed by atoms with E-state index in [0.29, 0.717) is 24.5 Å². The van der Waals surface area contributed by atoms with E-state index in [1.54, 1.807) is 30.3 Å². The molecule has 94 valence electrons. The molecule has 0 aliphatic heterocycles. The van der Waals surface area contributed by atoms with Gasteiger partial charge in [0.15, 0.2) is 0 Å². The average molecular weight is 246 g/mol. The second kappa shape index (κ2) is 5.83. The van der Waals surface area contributed by atoms with Crippen molar-refractivity contribution in [1.29, 1.82) is 0 Å². The lowest BCUT2D eigenvalue weighted by Gasteiger charge is -2.06. The van der Waals surface area contributed by atoms with Crippen molar-refractivity contribution < 1.29 is 9.53 Å². The summed E-state index contributed by atoms with van der Waals surface area (Å²) in [5.41, 5.74) is 6.44. The molecule has 2 aromatic rings. The maximum absolute atomic E-state index is 11.7. The molecular formula is C12H14N4O2. The standard InChI is InChI=1S/C12H14N4O2/c13-6-8-18-10-3-1-9(2-4-10)15-12(17)11-5-7-14-16-11/h1-5,7H,6,8,13H2,(H,14,16)(H,15,17). The normalized spacial score (nSPS) is 10.1. The Bertz CT molecular complexity index is 493. The van der Waals surface area contributed by atoms with Crippen LogP contribution in [0.1, 0.15) is 10.5 Å². The van der Waals surface area contributed by atoms with Crippen LogP contribution in [0.2, 0.25) is 0 Å². The summed E-state index contributed by atoms with van der Waals surface area (Å²) in [5.74, 6) is 0.489. The molecule has 0 aliphatic rings. The summed E-state index contributed by atoms with van der Waals surface area (Å²) in [6.07, 6.45) is 1.53. The molecule has 1 amide bonds. The fourth-order valence-electron chi connectivity index (χ4n) is 1.39. The lowest BCUT2D eigenvalue weighted by Crippen LogP contribution is -2.12. The summed E-state index contributed by atoms with van der Waals surface area (Å²) in [4.78, 5) is 11.7. The first-order valence-electron chi connectivity index (χ1n) is 5.53. The summed E-state index contributed by atoms with van der Waals surface area (Å²) in [6.45, 7) is 0.943. The Balaban J connectivity index is 1.96. The summed E-state index contributed by atoms with van der Waals surface area (Å²) in [5, 5.41) is 9.05. The molecule has 1 aromatic carbocycles. The Morgan fingerprint density at radius 2 is 2.11 bits per heavy atom. The fraction of sp³-hybridized carbons (Fsp3) is 0.167. The van der Waals surface area contributed by atoms with Crippen LogP contribution in [0.3, 0.4) is 0 Å². The highest BCUT2D eigenvalue weighted by Crippen LogP contribution is 2.16. The number of ether oxygens (including phenoxy) is 1. The van der Waals surface area contributed by atoms with Crippen LogP contribution in [0.4, 0.5) is 5.69 Å². The van der Waals surface area contributed by atoms with Gasteiger partial charge in [0.05, 0.1) is 0 Å². The second-order valence-corrected chi connectivity index (χ2v) is 3.59. The summed E-state index contributed by atoms with van der Waals surface area (Å²) in [7, 11) is 0. The van der Waals surface area contributed by atoms with Crippen molar-refractivity contribution in [3.8, 4) is 5.75 Å². The fourth-order valence-corrected chi connectivity index (χ4v) is 1.39. The molecule has 1 heterocycles. The molecular weight excluding hydrogens is 232 g/mol. The van der Waals surface area contributed by atoms with Crippen molar-refractivity contribution >= 4 is 11.6 Å². The number of anilines is 1. The zero-order valence-electron chi connectivity index (χ0n) is 9.72. The molecule has 0 fully saturated rings. The van der Waals surface area contributed by atoms with E-state index in [1.165, 1.54) is 6.20 Å². The van der Waals surface area contributed by atoms with Gasteiger partial charge in [0.25, 0.3) is 5.91 Å². The third-order valence-corrected chi connectivity index (χ3v) is 2.24. The van der Waals surface area contributed by atoms with E-state index < -0.39 is 0 Å².